The summed E-state index contributed by atoms with van der Waals surface area (Å²) in [4.78, 5) is 14.2. The van der Waals surface area contributed by atoms with E-state index in [1.807, 2.05) is 0 Å². The SMILES string of the molecule is Cl.Cl.Cl.O=[P+](O)O.P. The Labute approximate surface area is 70.1 Å². The minimum Gasteiger partial charge on any atom is -0.153 e. The Hall–Kier alpha value is 1.32. The highest BCUT2D eigenvalue weighted by Gasteiger charge is 1.93. The molecular weight excluding hydrogens is 216 g/mol. The van der Waals surface area contributed by atoms with Crippen molar-refractivity contribution in [3.63, 3.8) is 0 Å². The predicted molar refractivity (Wildman–Crippen MR) is 44.9 cm³/mol. The first kappa shape index (κ1) is 34.6. The van der Waals surface area contributed by atoms with Crippen molar-refractivity contribution in [3.8, 4) is 0 Å². The van der Waals surface area contributed by atoms with Crippen molar-refractivity contribution in [2.24, 2.45) is 0 Å². The van der Waals surface area contributed by atoms with Crippen molar-refractivity contribution in [2.45, 2.75) is 0 Å². The first-order valence-electron chi connectivity index (χ1n) is 0.583. The van der Waals surface area contributed by atoms with Crippen LogP contribution in [0.25, 0.3) is 0 Å². The molecule has 0 bridgehead atoms. The van der Waals surface area contributed by atoms with Crippen molar-refractivity contribution in [2.75, 3.05) is 0 Å². The third kappa shape index (κ3) is 168. The highest BCUT2D eigenvalue weighted by Crippen LogP contribution is 1.98. The number of halogens is 3. The third-order valence-corrected chi connectivity index (χ3v) is 0. The highest BCUT2D eigenvalue weighted by molar-refractivity contribution is 7.30. The van der Waals surface area contributed by atoms with Crippen LogP contribution in [0.1, 0.15) is 0 Å². The van der Waals surface area contributed by atoms with Crippen molar-refractivity contribution < 1.29 is 14.4 Å². The third-order valence-electron chi connectivity index (χ3n) is 0. The highest BCUT2D eigenvalue weighted by atomic mass is 35.5. The van der Waals surface area contributed by atoms with E-state index in [-0.39, 0.29) is 47.1 Å². The maximum absolute atomic E-state index is 8.70. The Bertz CT molecular complexity index is 35.5. The van der Waals surface area contributed by atoms with E-state index < -0.39 is 8.25 Å². The smallest absolute Gasteiger partial charge is 0.153 e. The molecule has 0 fully saturated rings. The second-order valence-electron chi connectivity index (χ2n) is 0.253. The van der Waals surface area contributed by atoms with Crippen molar-refractivity contribution in [1.29, 1.82) is 0 Å². The molecule has 0 saturated heterocycles. The van der Waals surface area contributed by atoms with Crippen LogP contribution in [-0.4, -0.2) is 9.79 Å². The van der Waals surface area contributed by atoms with E-state index in [1.165, 1.54) is 0 Å². The standard InChI is InChI=1S/3ClH.HO3P.H3P/c;;;1-4(2)3;/h3*1H;(H-,1,2,3);1H3/p+1. The van der Waals surface area contributed by atoms with E-state index in [0.29, 0.717) is 0 Å². The molecule has 3 nitrogen and oxygen atoms in total. The minimum atomic E-state index is -2.87. The lowest BCUT2D eigenvalue weighted by molar-refractivity contribution is 0.405. The van der Waals surface area contributed by atoms with Crippen LogP contribution in [0.3, 0.4) is 0 Å². The Morgan fingerprint density at radius 3 is 1.00 bits per heavy atom. The monoisotopic (exact) mass is 223 g/mol. The van der Waals surface area contributed by atoms with Gasteiger partial charge in [0.2, 0.25) is 0 Å². The summed E-state index contributed by atoms with van der Waals surface area (Å²) >= 11 is 0. The number of hydrogen-bond donors (Lipinski definition) is 2. The van der Waals surface area contributed by atoms with Crippen molar-refractivity contribution in [1.82, 2.24) is 0 Å². The molecule has 1 unspecified atom stereocenters. The maximum atomic E-state index is 8.70. The molecule has 8 heavy (non-hydrogen) atoms. The molecule has 0 rings (SSSR count). The van der Waals surface area contributed by atoms with E-state index in [1.54, 1.807) is 0 Å². The fraction of sp³-hybridized carbons (Fsp3) is 0. The normalized spacial score (nSPS) is 3.25. The average Bonchev–Trinajstić information content (AvgIpc) is 0.811. The van der Waals surface area contributed by atoms with Crippen molar-refractivity contribution >= 4 is 55.4 Å². The van der Waals surface area contributed by atoms with Gasteiger partial charge in [-0.25, -0.2) is 0 Å². The lowest BCUT2D eigenvalue weighted by Crippen LogP contribution is -1.38. The Morgan fingerprint density at radius 2 is 1.00 bits per heavy atom. The summed E-state index contributed by atoms with van der Waals surface area (Å²) in [7, 11) is -2.87. The molecule has 8 heteroatoms. The lowest BCUT2D eigenvalue weighted by atomic mass is 15.8. The molecule has 0 saturated carbocycles. The van der Waals surface area contributed by atoms with Gasteiger partial charge in [-0.2, -0.15) is 9.90 Å². The van der Waals surface area contributed by atoms with Crippen LogP contribution in [0, 0.1) is 0 Å². The van der Waals surface area contributed by atoms with Crippen LogP contribution >= 0.6 is 55.4 Å². The van der Waals surface area contributed by atoms with E-state index in [4.69, 9.17) is 14.4 Å². The van der Waals surface area contributed by atoms with Crippen LogP contribution in [0.15, 0.2) is 0 Å². The largest absolute Gasteiger partial charge is 0.692 e. The molecule has 0 amide bonds. The summed E-state index contributed by atoms with van der Waals surface area (Å²) in [6.45, 7) is 0. The lowest BCUT2D eigenvalue weighted by Gasteiger charge is -1.34. The molecule has 0 radical (unpaired) electrons. The summed E-state index contributed by atoms with van der Waals surface area (Å²) in [6.07, 6.45) is 0. The second-order valence-corrected chi connectivity index (χ2v) is 0.758. The second kappa shape index (κ2) is 23.9. The van der Waals surface area contributed by atoms with Crippen LogP contribution < -0.4 is 0 Å². The Kier molecular flexibility index (Phi) is 103. The molecule has 0 aromatic heterocycles. The van der Waals surface area contributed by atoms with Gasteiger partial charge in [0, 0.05) is 4.57 Å². The van der Waals surface area contributed by atoms with Crippen LogP contribution in [0.4, 0.5) is 0 Å². The molecule has 0 aliphatic carbocycles. The molecule has 0 aliphatic rings. The summed E-state index contributed by atoms with van der Waals surface area (Å²) in [5.74, 6) is 0. The number of hydrogen-bond acceptors (Lipinski definition) is 1. The molecule has 2 N–H and O–H groups in total. The summed E-state index contributed by atoms with van der Waals surface area (Å²) in [5, 5.41) is 0. The zero-order chi connectivity index (χ0) is 3.58. The van der Waals surface area contributed by atoms with E-state index in [0.717, 1.165) is 0 Å². The molecule has 0 heterocycles. The summed E-state index contributed by atoms with van der Waals surface area (Å²) in [5.41, 5.74) is 0. The Balaban J connectivity index is -0.00000000750. The topological polar surface area (TPSA) is 57.5 Å². The summed E-state index contributed by atoms with van der Waals surface area (Å²) in [6, 6.07) is 0. The fourth-order valence-corrected chi connectivity index (χ4v) is 0. The molecule has 0 aromatic rings. The maximum Gasteiger partial charge on any atom is 0.692 e. The zero-order valence-electron chi connectivity index (χ0n) is 3.68. The average molecular weight is 224 g/mol. The van der Waals surface area contributed by atoms with Gasteiger partial charge in [0.1, 0.15) is 0 Å². The molecule has 0 aromatic carbocycles. The van der Waals surface area contributed by atoms with E-state index in [2.05, 4.69) is 0 Å². The first-order chi connectivity index (χ1) is 1.73. The van der Waals surface area contributed by atoms with Gasteiger partial charge in [0.05, 0.1) is 0 Å². The van der Waals surface area contributed by atoms with Gasteiger partial charge >= 0.3 is 8.25 Å². The van der Waals surface area contributed by atoms with Gasteiger partial charge in [-0.05, 0) is 0 Å². The first-order valence-corrected chi connectivity index (χ1v) is 1.75. The van der Waals surface area contributed by atoms with Gasteiger partial charge in [-0.1, -0.05) is 0 Å². The van der Waals surface area contributed by atoms with Crippen LogP contribution in [0.2, 0.25) is 0 Å². The van der Waals surface area contributed by atoms with Gasteiger partial charge in [-0.3, -0.25) is 0 Å². The molecule has 0 aliphatic heterocycles. The minimum absolute atomic E-state index is 0. The van der Waals surface area contributed by atoms with Crippen molar-refractivity contribution in [3.05, 3.63) is 0 Å². The fourth-order valence-electron chi connectivity index (χ4n) is 0. The van der Waals surface area contributed by atoms with Gasteiger partial charge in [0.25, 0.3) is 0 Å². The zero-order valence-corrected chi connectivity index (χ0v) is 8.44. The quantitative estimate of drug-likeness (QED) is 0.602. The van der Waals surface area contributed by atoms with Crippen LogP contribution in [-0.2, 0) is 4.57 Å². The van der Waals surface area contributed by atoms with Crippen LogP contribution in [0.5, 0.6) is 0 Å². The Morgan fingerprint density at radius 1 is 1.00 bits per heavy atom. The van der Waals surface area contributed by atoms with E-state index in [9.17, 15) is 0 Å². The predicted octanol–water partition coefficient (Wildman–Crippen LogP) is 0.952. The molecule has 56 valence electrons. The summed E-state index contributed by atoms with van der Waals surface area (Å²) < 4.78 is 8.70. The van der Waals surface area contributed by atoms with E-state index >= 15 is 0 Å². The van der Waals surface area contributed by atoms with Gasteiger partial charge in [0.15, 0.2) is 0 Å². The molecule has 1 atom stereocenters. The molecular formula is H8Cl3O3P2+. The molecule has 0 spiro atoms. The number of rotatable bonds is 0. The van der Waals surface area contributed by atoms with Gasteiger partial charge in [-0.15, -0.1) is 47.0 Å². The van der Waals surface area contributed by atoms with Gasteiger partial charge < -0.3 is 0 Å².